The van der Waals surface area contributed by atoms with Crippen LogP contribution in [0.1, 0.15) is 23.2 Å². The van der Waals surface area contributed by atoms with E-state index >= 15 is 0 Å². The van der Waals surface area contributed by atoms with Gasteiger partial charge in [-0.2, -0.15) is 0 Å². The Morgan fingerprint density at radius 2 is 1.95 bits per heavy atom. The molecule has 0 spiro atoms. The van der Waals surface area contributed by atoms with E-state index in [0.717, 1.165) is 30.3 Å². The predicted molar refractivity (Wildman–Crippen MR) is 76.7 cm³/mol. The molecule has 0 aliphatic heterocycles. The van der Waals surface area contributed by atoms with E-state index < -0.39 is 5.97 Å². The predicted octanol–water partition coefficient (Wildman–Crippen LogP) is 2.68. The van der Waals surface area contributed by atoms with Gasteiger partial charge < -0.3 is 14.6 Å². The highest BCUT2D eigenvalue weighted by atomic mass is 16.4. The van der Waals surface area contributed by atoms with Crippen molar-refractivity contribution < 1.29 is 9.90 Å². The summed E-state index contributed by atoms with van der Waals surface area (Å²) in [6.45, 7) is 2.08. The molecule has 0 saturated heterocycles. The first-order valence-corrected chi connectivity index (χ1v) is 6.54. The van der Waals surface area contributed by atoms with Crippen LogP contribution >= 0.6 is 0 Å². The first kappa shape index (κ1) is 13.6. The number of carboxylic acids is 1. The highest BCUT2D eigenvalue weighted by molar-refractivity contribution is 5.94. The number of aromatic nitrogens is 1. The SMILES string of the molecule is CN(C)CCCCn1cc2ccc(C(=O)O)cc2c1. The molecule has 0 radical (unpaired) electrons. The van der Waals surface area contributed by atoms with Crippen molar-refractivity contribution in [3.63, 3.8) is 0 Å². The minimum atomic E-state index is -0.874. The quantitative estimate of drug-likeness (QED) is 0.812. The molecule has 102 valence electrons. The van der Waals surface area contributed by atoms with E-state index in [0.29, 0.717) is 5.56 Å². The fourth-order valence-corrected chi connectivity index (χ4v) is 2.18. The van der Waals surface area contributed by atoms with Gasteiger partial charge in [0.15, 0.2) is 0 Å². The number of carboxylic acid groups (broad SMARTS) is 1. The maximum atomic E-state index is 10.9. The number of rotatable bonds is 6. The monoisotopic (exact) mass is 260 g/mol. The van der Waals surface area contributed by atoms with Crippen molar-refractivity contribution in [1.82, 2.24) is 9.47 Å². The normalized spacial score (nSPS) is 11.3. The molecule has 1 N–H and O–H groups in total. The number of aryl methyl sites for hydroxylation is 1. The molecule has 0 aliphatic carbocycles. The summed E-state index contributed by atoms with van der Waals surface area (Å²) in [7, 11) is 4.16. The minimum Gasteiger partial charge on any atom is -0.478 e. The fourth-order valence-electron chi connectivity index (χ4n) is 2.18. The summed E-state index contributed by atoms with van der Waals surface area (Å²) in [5.74, 6) is -0.874. The van der Waals surface area contributed by atoms with E-state index in [1.807, 2.05) is 12.3 Å². The number of hydrogen-bond donors (Lipinski definition) is 1. The average Bonchev–Trinajstić information content (AvgIpc) is 2.75. The van der Waals surface area contributed by atoms with Crippen LogP contribution in [0.2, 0.25) is 0 Å². The number of aromatic carboxylic acids is 1. The van der Waals surface area contributed by atoms with Crippen LogP contribution in [-0.2, 0) is 6.54 Å². The van der Waals surface area contributed by atoms with Crippen LogP contribution in [0.3, 0.4) is 0 Å². The third-order valence-electron chi connectivity index (χ3n) is 3.22. The maximum Gasteiger partial charge on any atom is 0.335 e. The summed E-state index contributed by atoms with van der Waals surface area (Å²) < 4.78 is 2.14. The molecule has 1 aromatic carbocycles. The van der Waals surface area contributed by atoms with Crippen LogP contribution in [0, 0.1) is 0 Å². The lowest BCUT2D eigenvalue weighted by molar-refractivity contribution is 0.0697. The summed E-state index contributed by atoms with van der Waals surface area (Å²) in [4.78, 5) is 13.1. The van der Waals surface area contributed by atoms with Crippen LogP contribution in [0.5, 0.6) is 0 Å². The zero-order chi connectivity index (χ0) is 13.8. The van der Waals surface area contributed by atoms with Gasteiger partial charge in [-0.05, 0) is 51.0 Å². The van der Waals surface area contributed by atoms with Crippen molar-refractivity contribution in [2.45, 2.75) is 19.4 Å². The molecule has 1 heterocycles. The number of nitrogens with zero attached hydrogens (tertiary/aromatic N) is 2. The standard InChI is InChI=1S/C15H20N2O2/c1-16(2)7-3-4-8-17-10-13-6-5-12(15(18)19)9-14(13)11-17/h5-6,9-11H,3-4,7-8H2,1-2H3,(H,18,19). The molecule has 0 amide bonds. The van der Waals surface area contributed by atoms with Crippen LogP contribution < -0.4 is 0 Å². The van der Waals surface area contributed by atoms with Crippen LogP contribution in [0.4, 0.5) is 0 Å². The molecular formula is C15H20N2O2. The van der Waals surface area contributed by atoms with Gasteiger partial charge in [-0.25, -0.2) is 4.79 Å². The van der Waals surface area contributed by atoms with E-state index in [9.17, 15) is 4.79 Å². The van der Waals surface area contributed by atoms with Gasteiger partial charge in [0.05, 0.1) is 5.56 Å². The molecule has 1 aromatic heterocycles. The topological polar surface area (TPSA) is 45.5 Å². The number of unbranched alkanes of at least 4 members (excludes halogenated alkanes) is 1. The fraction of sp³-hybridized carbons (Fsp3) is 0.400. The summed E-state index contributed by atoms with van der Waals surface area (Å²) >= 11 is 0. The van der Waals surface area contributed by atoms with Crippen molar-refractivity contribution in [3.8, 4) is 0 Å². The van der Waals surface area contributed by atoms with Crippen LogP contribution in [0.25, 0.3) is 10.8 Å². The van der Waals surface area contributed by atoms with E-state index in [2.05, 4.69) is 29.8 Å². The molecule has 4 heteroatoms. The van der Waals surface area contributed by atoms with Crippen molar-refractivity contribution in [3.05, 3.63) is 36.2 Å². The zero-order valence-electron chi connectivity index (χ0n) is 11.5. The lowest BCUT2D eigenvalue weighted by atomic mass is 10.1. The minimum absolute atomic E-state index is 0.345. The Hall–Kier alpha value is -1.81. The molecular weight excluding hydrogens is 240 g/mol. The number of benzene rings is 1. The van der Waals surface area contributed by atoms with Gasteiger partial charge in [0.2, 0.25) is 0 Å². The maximum absolute atomic E-state index is 10.9. The van der Waals surface area contributed by atoms with E-state index in [1.165, 1.54) is 6.42 Å². The molecule has 0 unspecified atom stereocenters. The Kier molecular flexibility index (Phi) is 4.22. The summed E-state index contributed by atoms with van der Waals surface area (Å²) in [6, 6.07) is 5.25. The molecule has 2 aromatic rings. The Labute approximate surface area is 113 Å². The highest BCUT2D eigenvalue weighted by Gasteiger charge is 2.05. The summed E-state index contributed by atoms with van der Waals surface area (Å²) in [5, 5.41) is 11.1. The second-order valence-electron chi connectivity index (χ2n) is 5.16. The number of fused-ring (bicyclic) bond motifs is 1. The molecule has 0 fully saturated rings. The molecule has 4 nitrogen and oxygen atoms in total. The van der Waals surface area contributed by atoms with Crippen molar-refractivity contribution in [2.24, 2.45) is 0 Å². The second kappa shape index (κ2) is 5.89. The third kappa shape index (κ3) is 3.58. The Bertz CT molecular complexity index is 573. The largest absolute Gasteiger partial charge is 0.478 e. The summed E-state index contributed by atoms with van der Waals surface area (Å²) in [5.41, 5.74) is 0.345. The van der Waals surface area contributed by atoms with E-state index in [4.69, 9.17) is 5.11 Å². The van der Waals surface area contributed by atoms with Gasteiger partial charge in [0.1, 0.15) is 0 Å². The summed E-state index contributed by atoms with van der Waals surface area (Å²) in [6.07, 6.45) is 6.40. The van der Waals surface area contributed by atoms with Gasteiger partial charge in [0, 0.05) is 24.3 Å². The molecule has 0 saturated carbocycles. The average molecular weight is 260 g/mol. The first-order valence-electron chi connectivity index (χ1n) is 6.54. The molecule has 0 bridgehead atoms. The highest BCUT2D eigenvalue weighted by Crippen LogP contribution is 2.18. The van der Waals surface area contributed by atoms with Gasteiger partial charge in [0.25, 0.3) is 0 Å². The third-order valence-corrected chi connectivity index (χ3v) is 3.22. The number of carbonyl (C=O) groups is 1. The smallest absolute Gasteiger partial charge is 0.335 e. The Morgan fingerprint density at radius 1 is 1.21 bits per heavy atom. The van der Waals surface area contributed by atoms with Crippen LogP contribution in [-0.4, -0.2) is 41.2 Å². The van der Waals surface area contributed by atoms with Crippen molar-refractivity contribution in [1.29, 1.82) is 0 Å². The van der Waals surface area contributed by atoms with Gasteiger partial charge >= 0.3 is 5.97 Å². The zero-order valence-corrected chi connectivity index (χ0v) is 11.5. The Balaban J connectivity index is 2.03. The van der Waals surface area contributed by atoms with Gasteiger partial charge in [-0.3, -0.25) is 0 Å². The van der Waals surface area contributed by atoms with Crippen LogP contribution in [0.15, 0.2) is 30.6 Å². The lowest BCUT2D eigenvalue weighted by Gasteiger charge is -2.08. The lowest BCUT2D eigenvalue weighted by Crippen LogP contribution is -2.13. The molecule has 2 rings (SSSR count). The molecule has 19 heavy (non-hydrogen) atoms. The van der Waals surface area contributed by atoms with E-state index in [-0.39, 0.29) is 0 Å². The second-order valence-corrected chi connectivity index (χ2v) is 5.16. The molecule has 0 aliphatic rings. The number of hydrogen-bond acceptors (Lipinski definition) is 2. The van der Waals surface area contributed by atoms with Crippen molar-refractivity contribution in [2.75, 3.05) is 20.6 Å². The Morgan fingerprint density at radius 3 is 2.63 bits per heavy atom. The van der Waals surface area contributed by atoms with Crippen molar-refractivity contribution >= 4 is 16.7 Å². The first-order chi connectivity index (χ1) is 9.06. The van der Waals surface area contributed by atoms with E-state index in [1.54, 1.807) is 12.1 Å². The van der Waals surface area contributed by atoms with Gasteiger partial charge in [-0.1, -0.05) is 6.07 Å². The molecule has 0 atom stereocenters. The van der Waals surface area contributed by atoms with Gasteiger partial charge in [-0.15, -0.1) is 0 Å².